The first-order chi connectivity index (χ1) is 16.0. The fourth-order valence-corrected chi connectivity index (χ4v) is 5.35. The van der Waals surface area contributed by atoms with Gasteiger partial charge in [-0.1, -0.05) is 48.6 Å². The summed E-state index contributed by atoms with van der Waals surface area (Å²) in [6.07, 6.45) is 2.22. The number of amides is 1. The van der Waals surface area contributed by atoms with E-state index >= 15 is 0 Å². The molecule has 2 aliphatic heterocycles. The number of ether oxygens (including phenoxy) is 1. The molecular weight excluding hydrogens is 442 g/mol. The number of nitrogens with one attached hydrogen (secondary N) is 1. The van der Waals surface area contributed by atoms with E-state index in [0.29, 0.717) is 13.1 Å². The highest BCUT2D eigenvalue weighted by Crippen LogP contribution is 2.20. The first kappa shape index (κ1) is 23.4. The molecule has 1 amide bonds. The Balaban J connectivity index is 1.32. The van der Waals surface area contributed by atoms with Gasteiger partial charge in [0.2, 0.25) is 15.9 Å². The van der Waals surface area contributed by atoms with Gasteiger partial charge in [-0.2, -0.15) is 0 Å². The number of sulfonamides is 1. The molecule has 2 N–H and O–H groups in total. The quantitative estimate of drug-likeness (QED) is 0.592. The summed E-state index contributed by atoms with van der Waals surface area (Å²) in [4.78, 5) is 17.0. The van der Waals surface area contributed by atoms with E-state index in [0.717, 1.165) is 18.8 Å². The van der Waals surface area contributed by atoms with E-state index in [2.05, 4.69) is 21.8 Å². The molecule has 2 aliphatic rings. The van der Waals surface area contributed by atoms with E-state index in [4.69, 9.17) is 4.74 Å². The number of hydrogen-bond donors (Lipinski definition) is 2. The normalized spacial score (nSPS) is 23.5. The Bertz CT molecular complexity index is 1050. The van der Waals surface area contributed by atoms with Crippen molar-refractivity contribution in [3.8, 4) is 0 Å². The maximum absolute atomic E-state index is 12.8. The van der Waals surface area contributed by atoms with Crippen molar-refractivity contribution in [2.75, 3.05) is 37.7 Å². The van der Waals surface area contributed by atoms with Gasteiger partial charge >= 0.3 is 0 Å². The molecule has 2 aromatic rings. The van der Waals surface area contributed by atoms with Crippen LogP contribution in [0.2, 0.25) is 0 Å². The van der Waals surface area contributed by atoms with Gasteiger partial charge in [-0.05, 0) is 24.3 Å². The summed E-state index contributed by atoms with van der Waals surface area (Å²) in [6.45, 7) is 2.42. The zero-order valence-electron chi connectivity index (χ0n) is 18.3. The number of hydrogen-bond acceptors (Lipinski definition) is 6. The molecule has 9 heteroatoms. The Kier molecular flexibility index (Phi) is 7.44. The molecule has 8 nitrogen and oxygen atoms in total. The van der Waals surface area contributed by atoms with E-state index < -0.39 is 28.3 Å². The number of piperazine rings is 1. The number of benzene rings is 2. The van der Waals surface area contributed by atoms with E-state index in [1.165, 1.54) is 12.1 Å². The maximum atomic E-state index is 12.8. The highest BCUT2D eigenvalue weighted by Gasteiger charge is 2.32. The monoisotopic (exact) mass is 471 g/mol. The zero-order valence-corrected chi connectivity index (χ0v) is 19.1. The van der Waals surface area contributed by atoms with Crippen molar-refractivity contribution >= 4 is 21.6 Å². The highest BCUT2D eigenvalue weighted by atomic mass is 32.2. The Morgan fingerprint density at radius 3 is 2.24 bits per heavy atom. The summed E-state index contributed by atoms with van der Waals surface area (Å²) < 4.78 is 33.6. The van der Waals surface area contributed by atoms with Crippen LogP contribution in [0.15, 0.2) is 77.7 Å². The van der Waals surface area contributed by atoms with Crippen LogP contribution in [0.5, 0.6) is 0 Å². The number of rotatable bonds is 7. The van der Waals surface area contributed by atoms with E-state index in [1.807, 2.05) is 23.1 Å². The second kappa shape index (κ2) is 10.5. The summed E-state index contributed by atoms with van der Waals surface area (Å²) in [7, 11) is -3.76. The standard InChI is InChI=1S/C24H29N3O5S/c28-18-23-22(25-33(30,31)21-9-5-2-6-10-21)12-11-20(32-23)17-24(29)27-15-13-26(14-16-27)19-7-3-1-4-8-19/h1-12,20,22-23,25,28H,13-18H2/t20-,22-,23+/m0/s1. The largest absolute Gasteiger partial charge is 0.394 e. The third kappa shape index (κ3) is 5.80. The van der Waals surface area contributed by atoms with Gasteiger partial charge in [-0.3, -0.25) is 4.79 Å². The molecule has 0 spiro atoms. The summed E-state index contributed by atoms with van der Waals surface area (Å²) >= 11 is 0. The fourth-order valence-electron chi connectivity index (χ4n) is 4.11. The lowest BCUT2D eigenvalue weighted by Gasteiger charge is -2.37. The van der Waals surface area contributed by atoms with Gasteiger partial charge < -0.3 is 19.6 Å². The molecule has 2 heterocycles. The lowest BCUT2D eigenvalue weighted by atomic mass is 10.1. The van der Waals surface area contributed by atoms with Crippen molar-refractivity contribution < 1.29 is 23.1 Å². The van der Waals surface area contributed by atoms with Crippen molar-refractivity contribution in [2.45, 2.75) is 29.6 Å². The average Bonchev–Trinajstić information content (AvgIpc) is 2.86. The molecule has 0 aliphatic carbocycles. The second-order valence-electron chi connectivity index (χ2n) is 8.15. The molecule has 0 aromatic heterocycles. The molecule has 3 atom stereocenters. The van der Waals surface area contributed by atoms with Crippen LogP contribution in [0, 0.1) is 0 Å². The minimum absolute atomic E-state index is 0.0163. The SMILES string of the molecule is O=C(C[C@@H]1C=C[C@H](NS(=O)(=O)c2ccccc2)[C@@H](CO)O1)N1CCN(c2ccccc2)CC1. The van der Waals surface area contributed by atoms with Crippen LogP contribution in [-0.2, 0) is 19.6 Å². The molecule has 2 aromatic carbocycles. The Morgan fingerprint density at radius 2 is 1.61 bits per heavy atom. The van der Waals surface area contributed by atoms with Crippen LogP contribution in [0.4, 0.5) is 5.69 Å². The van der Waals surface area contributed by atoms with Crippen molar-refractivity contribution in [1.82, 2.24) is 9.62 Å². The van der Waals surface area contributed by atoms with Gasteiger partial charge in [0.1, 0.15) is 6.10 Å². The highest BCUT2D eigenvalue weighted by molar-refractivity contribution is 7.89. The number of nitrogens with zero attached hydrogens (tertiary/aromatic N) is 2. The number of aliphatic hydroxyl groups is 1. The Morgan fingerprint density at radius 1 is 0.970 bits per heavy atom. The minimum atomic E-state index is -3.76. The zero-order chi connectivity index (χ0) is 23.3. The van der Waals surface area contributed by atoms with Crippen LogP contribution in [0.1, 0.15) is 6.42 Å². The number of carbonyl (C=O) groups excluding carboxylic acids is 1. The number of carbonyl (C=O) groups is 1. The van der Waals surface area contributed by atoms with E-state index in [1.54, 1.807) is 30.4 Å². The predicted octanol–water partition coefficient (Wildman–Crippen LogP) is 1.39. The minimum Gasteiger partial charge on any atom is -0.394 e. The molecule has 0 saturated carbocycles. The Hall–Kier alpha value is -2.72. The molecule has 0 bridgehead atoms. The third-order valence-corrected chi connectivity index (χ3v) is 7.41. The molecule has 4 rings (SSSR count). The van der Waals surface area contributed by atoms with Crippen LogP contribution >= 0.6 is 0 Å². The van der Waals surface area contributed by atoms with Crippen LogP contribution < -0.4 is 9.62 Å². The number of anilines is 1. The van der Waals surface area contributed by atoms with Crippen molar-refractivity contribution in [2.24, 2.45) is 0 Å². The van der Waals surface area contributed by atoms with E-state index in [9.17, 15) is 18.3 Å². The topological polar surface area (TPSA) is 99.2 Å². The first-order valence-electron chi connectivity index (χ1n) is 11.1. The van der Waals surface area contributed by atoms with Crippen LogP contribution in [0.25, 0.3) is 0 Å². The van der Waals surface area contributed by atoms with Crippen LogP contribution in [0.3, 0.4) is 0 Å². The van der Waals surface area contributed by atoms with Gasteiger partial charge in [0, 0.05) is 31.9 Å². The predicted molar refractivity (Wildman–Crippen MR) is 125 cm³/mol. The smallest absolute Gasteiger partial charge is 0.241 e. The molecule has 176 valence electrons. The van der Waals surface area contributed by atoms with Gasteiger partial charge in [-0.15, -0.1) is 0 Å². The van der Waals surface area contributed by atoms with E-state index in [-0.39, 0.29) is 23.8 Å². The average molecular weight is 472 g/mol. The first-order valence-corrected chi connectivity index (χ1v) is 12.5. The summed E-state index contributed by atoms with van der Waals surface area (Å²) in [5.41, 5.74) is 1.15. The van der Waals surface area contributed by atoms with Crippen molar-refractivity contribution in [1.29, 1.82) is 0 Å². The summed E-state index contributed by atoms with van der Waals surface area (Å²) in [5, 5.41) is 9.77. The third-order valence-electron chi connectivity index (χ3n) is 5.94. The molecular formula is C24H29N3O5S. The maximum Gasteiger partial charge on any atom is 0.241 e. The van der Waals surface area contributed by atoms with Crippen molar-refractivity contribution in [3.05, 3.63) is 72.8 Å². The number of para-hydroxylation sites is 1. The Labute approximate surface area is 194 Å². The van der Waals surface area contributed by atoms with Gasteiger partial charge in [0.05, 0.1) is 30.1 Å². The summed E-state index contributed by atoms with van der Waals surface area (Å²) in [6, 6.07) is 17.4. The van der Waals surface area contributed by atoms with Gasteiger partial charge in [0.15, 0.2) is 0 Å². The lowest BCUT2D eigenvalue weighted by molar-refractivity contribution is -0.135. The second-order valence-corrected chi connectivity index (χ2v) is 9.86. The molecule has 33 heavy (non-hydrogen) atoms. The number of aliphatic hydroxyl groups excluding tert-OH is 1. The lowest BCUT2D eigenvalue weighted by Crippen LogP contribution is -2.51. The summed E-state index contributed by atoms with van der Waals surface area (Å²) in [5.74, 6) is -0.0163. The molecule has 1 fully saturated rings. The molecule has 1 saturated heterocycles. The van der Waals surface area contributed by atoms with Crippen LogP contribution in [-0.4, -0.2) is 75.4 Å². The molecule has 0 radical (unpaired) electrons. The van der Waals surface area contributed by atoms with Crippen molar-refractivity contribution in [3.63, 3.8) is 0 Å². The van der Waals surface area contributed by atoms with Gasteiger partial charge in [-0.25, -0.2) is 13.1 Å². The van der Waals surface area contributed by atoms with Gasteiger partial charge in [0.25, 0.3) is 0 Å². The fraction of sp³-hybridized carbons (Fsp3) is 0.375. The molecule has 0 unspecified atom stereocenters.